The van der Waals surface area contributed by atoms with Gasteiger partial charge in [0.15, 0.2) is 0 Å². The Morgan fingerprint density at radius 1 is 1.37 bits per heavy atom. The van der Waals surface area contributed by atoms with Crippen molar-refractivity contribution < 1.29 is 4.74 Å². The third-order valence-electron chi connectivity index (χ3n) is 2.18. The Bertz CT molecular complexity index is 651. The highest BCUT2D eigenvalue weighted by Gasteiger charge is 2.09. The van der Waals surface area contributed by atoms with Gasteiger partial charge in [0.25, 0.3) is 0 Å². The van der Waals surface area contributed by atoms with Crippen LogP contribution in [0.25, 0.3) is 0 Å². The van der Waals surface area contributed by atoms with E-state index in [1.807, 2.05) is 6.07 Å². The molecular formula is C12H9BrClN3OS. The minimum Gasteiger partial charge on any atom is -0.423 e. The molecule has 0 fully saturated rings. The molecule has 1 aromatic heterocycles. The van der Waals surface area contributed by atoms with Crippen LogP contribution in [0.15, 0.2) is 28.7 Å². The molecule has 0 bridgehead atoms. The second-order valence-corrected chi connectivity index (χ2v) is 5.48. The standard InChI is InChI=1S/C12H9BrClN3OS/c1-6-4-9(11(15)19)17-12(16-6)18-10-3-2-7(13)5-8(10)14/h2-5H,1H3,(H2,15,19). The number of thiocarbonyl (C=S) groups is 1. The number of hydrogen-bond donors (Lipinski definition) is 1. The molecule has 0 saturated carbocycles. The normalized spacial score (nSPS) is 10.3. The summed E-state index contributed by atoms with van der Waals surface area (Å²) in [4.78, 5) is 8.47. The molecule has 0 atom stereocenters. The first-order valence-electron chi connectivity index (χ1n) is 5.24. The maximum Gasteiger partial charge on any atom is 0.322 e. The number of halogens is 2. The van der Waals surface area contributed by atoms with E-state index in [2.05, 4.69) is 25.9 Å². The molecule has 98 valence electrons. The lowest BCUT2D eigenvalue weighted by atomic mass is 10.3. The van der Waals surface area contributed by atoms with Crippen LogP contribution in [-0.4, -0.2) is 15.0 Å². The van der Waals surface area contributed by atoms with Crippen molar-refractivity contribution >= 4 is 44.7 Å². The molecule has 1 aromatic carbocycles. The quantitative estimate of drug-likeness (QED) is 0.849. The number of nitrogens with two attached hydrogens (primary N) is 1. The second-order valence-electron chi connectivity index (χ2n) is 3.72. The SMILES string of the molecule is Cc1cc(C(N)=S)nc(Oc2ccc(Br)cc2Cl)n1. The predicted octanol–water partition coefficient (Wildman–Crippen LogP) is 3.63. The Morgan fingerprint density at radius 2 is 2.11 bits per heavy atom. The van der Waals surface area contributed by atoms with Crippen LogP contribution in [0.2, 0.25) is 5.02 Å². The molecule has 19 heavy (non-hydrogen) atoms. The summed E-state index contributed by atoms with van der Waals surface area (Å²) in [6, 6.07) is 7.11. The lowest BCUT2D eigenvalue weighted by Gasteiger charge is -2.08. The second kappa shape index (κ2) is 5.81. The van der Waals surface area contributed by atoms with Crippen LogP contribution in [0.4, 0.5) is 0 Å². The fourth-order valence-corrected chi connectivity index (χ4v) is 2.19. The van der Waals surface area contributed by atoms with Gasteiger partial charge in [-0.25, -0.2) is 4.98 Å². The average molecular weight is 359 g/mol. The van der Waals surface area contributed by atoms with Gasteiger partial charge in [-0.3, -0.25) is 0 Å². The summed E-state index contributed by atoms with van der Waals surface area (Å²) in [7, 11) is 0. The van der Waals surface area contributed by atoms with Crippen LogP contribution in [-0.2, 0) is 0 Å². The van der Waals surface area contributed by atoms with E-state index in [0.717, 1.165) is 4.47 Å². The molecule has 7 heteroatoms. The van der Waals surface area contributed by atoms with Crippen molar-refractivity contribution in [2.45, 2.75) is 6.92 Å². The number of aryl methyl sites for hydroxylation is 1. The monoisotopic (exact) mass is 357 g/mol. The molecule has 0 unspecified atom stereocenters. The fraction of sp³-hybridized carbons (Fsp3) is 0.0833. The maximum atomic E-state index is 6.06. The maximum absolute atomic E-state index is 6.06. The molecule has 0 aliphatic rings. The molecule has 2 N–H and O–H groups in total. The lowest BCUT2D eigenvalue weighted by Crippen LogP contribution is -2.13. The van der Waals surface area contributed by atoms with Gasteiger partial charge in [0, 0.05) is 10.2 Å². The Kier molecular flexibility index (Phi) is 4.34. The van der Waals surface area contributed by atoms with Crippen LogP contribution in [0.3, 0.4) is 0 Å². The van der Waals surface area contributed by atoms with Crippen LogP contribution >= 0.6 is 39.7 Å². The number of benzene rings is 1. The van der Waals surface area contributed by atoms with Crippen LogP contribution < -0.4 is 10.5 Å². The van der Waals surface area contributed by atoms with Crippen molar-refractivity contribution in [3.8, 4) is 11.8 Å². The van der Waals surface area contributed by atoms with E-state index in [1.54, 1.807) is 25.1 Å². The minimum atomic E-state index is 0.159. The van der Waals surface area contributed by atoms with Gasteiger partial charge in [-0.15, -0.1) is 0 Å². The van der Waals surface area contributed by atoms with E-state index in [1.165, 1.54) is 0 Å². The summed E-state index contributed by atoms with van der Waals surface area (Å²) >= 11 is 14.3. The molecule has 0 radical (unpaired) electrons. The molecule has 4 nitrogen and oxygen atoms in total. The smallest absolute Gasteiger partial charge is 0.322 e. The van der Waals surface area contributed by atoms with Gasteiger partial charge in [-0.05, 0) is 31.2 Å². The number of ether oxygens (including phenoxy) is 1. The minimum absolute atomic E-state index is 0.159. The summed E-state index contributed by atoms with van der Waals surface area (Å²) in [6.07, 6.45) is 0. The summed E-state index contributed by atoms with van der Waals surface area (Å²) in [5.74, 6) is 0.462. The van der Waals surface area contributed by atoms with Gasteiger partial charge >= 0.3 is 6.01 Å². The van der Waals surface area contributed by atoms with E-state index < -0.39 is 0 Å². The largest absolute Gasteiger partial charge is 0.423 e. The third-order valence-corrected chi connectivity index (χ3v) is 3.18. The lowest BCUT2D eigenvalue weighted by molar-refractivity contribution is 0.440. The first-order chi connectivity index (χ1) is 8.95. The van der Waals surface area contributed by atoms with Crippen LogP contribution in [0, 0.1) is 6.92 Å². The van der Waals surface area contributed by atoms with E-state index in [4.69, 9.17) is 34.3 Å². The van der Waals surface area contributed by atoms with Crippen LogP contribution in [0.5, 0.6) is 11.8 Å². The van der Waals surface area contributed by atoms with E-state index in [-0.39, 0.29) is 11.0 Å². The van der Waals surface area contributed by atoms with E-state index in [0.29, 0.717) is 22.2 Å². The number of hydrogen-bond acceptors (Lipinski definition) is 4. The number of nitrogens with zero attached hydrogens (tertiary/aromatic N) is 2. The topological polar surface area (TPSA) is 61.0 Å². The summed E-state index contributed by atoms with van der Waals surface area (Å²) in [6.45, 7) is 1.81. The van der Waals surface area contributed by atoms with E-state index in [9.17, 15) is 0 Å². The van der Waals surface area contributed by atoms with Crippen molar-refractivity contribution in [1.82, 2.24) is 9.97 Å². The van der Waals surface area contributed by atoms with Crippen molar-refractivity contribution in [2.24, 2.45) is 5.73 Å². The number of rotatable bonds is 3. The Labute approximate surface area is 129 Å². The summed E-state index contributed by atoms with van der Waals surface area (Å²) < 4.78 is 6.41. The third kappa shape index (κ3) is 3.62. The first kappa shape index (κ1) is 14.2. The Morgan fingerprint density at radius 3 is 2.74 bits per heavy atom. The predicted molar refractivity (Wildman–Crippen MR) is 81.9 cm³/mol. The van der Waals surface area contributed by atoms with Gasteiger partial charge in [0.05, 0.1) is 5.02 Å². The molecule has 0 aliphatic carbocycles. The molecule has 0 saturated heterocycles. The van der Waals surface area contributed by atoms with Gasteiger partial charge in [-0.1, -0.05) is 39.7 Å². The zero-order chi connectivity index (χ0) is 14.0. The number of aromatic nitrogens is 2. The molecule has 0 aliphatic heterocycles. The highest BCUT2D eigenvalue weighted by molar-refractivity contribution is 9.10. The van der Waals surface area contributed by atoms with Crippen molar-refractivity contribution in [3.63, 3.8) is 0 Å². The summed E-state index contributed by atoms with van der Waals surface area (Å²) in [5.41, 5.74) is 6.72. The van der Waals surface area contributed by atoms with Crippen LogP contribution in [0.1, 0.15) is 11.4 Å². The van der Waals surface area contributed by atoms with Crippen molar-refractivity contribution in [2.75, 3.05) is 0 Å². The first-order valence-corrected chi connectivity index (χ1v) is 6.82. The van der Waals surface area contributed by atoms with Crippen molar-refractivity contribution in [3.05, 3.63) is 45.1 Å². The molecule has 2 aromatic rings. The summed E-state index contributed by atoms with van der Waals surface area (Å²) in [5, 5.41) is 0.455. The zero-order valence-electron chi connectivity index (χ0n) is 9.85. The Balaban J connectivity index is 2.35. The van der Waals surface area contributed by atoms with E-state index >= 15 is 0 Å². The van der Waals surface area contributed by atoms with Gasteiger partial charge in [0.1, 0.15) is 16.4 Å². The van der Waals surface area contributed by atoms with Gasteiger partial charge < -0.3 is 10.5 Å². The van der Waals surface area contributed by atoms with Crippen molar-refractivity contribution in [1.29, 1.82) is 0 Å². The van der Waals surface area contributed by atoms with Gasteiger partial charge in [-0.2, -0.15) is 4.98 Å². The molecular weight excluding hydrogens is 350 g/mol. The highest BCUT2D eigenvalue weighted by Crippen LogP contribution is 2.30. The molecule has 2 rings (SSSR count). The highest BCUT2D eigenvalue weighted by atomic mass is 79.9. The fourth-order valence-electron chi connectivity index (χ4n) is 1.37. The molecule has 1 heterocycles. The molecule has 0 amide bonds. The van der Waals surface area contributed by atoms with Gasteiger partial charge in [0.2, 0.25) is 0 Å². The Hall–Kier alpha value is -1.24. The molecule has 0 spiro atoms. The zero-order valence-corrected chi connectivity index (χ0v) is 13.0. The average Bonchev–Trinajstić information content (AvgIpc) is 2.32.